The minimum absolute atomic E-state index is 0.327. The average molecular weight is 284 g/mol. The standard InChI is InChI=1S/C18H24N2O/c1-19-13-15-12-14-8-6-7-11-17(14)18(20-15)21-16-9-4-2-3-5-10-16/h6-8,11-12,16,19H,2-5,9-10,13H2,1H3. The second-order valence-corrected chi connectivity index (χ2v) is 5.90. The quantitative estimate of drug-likeness (QED) is 0.860. The largest absolute Gasteiger partial charge is 0.474 e. The van der Waals surface area contributed by atoms with E-state index in [2.05, 4.69) is 35.6 Å². The fourth-order valence-corrected chi connectivity index (χ4v) is 3.10. The Kier molecular flexibility index (Phi) is 4.71. The van der Waals surface area contributed by atoms with E-state index in [0.29, 0.717) is 6.10 Å². The molecule has 0 saturated heterocycles. The molecule has 1 aromatic heterocycles. The molecule has 0 radical (unpaired) electrons. The van der Waals surface area contributed by atoms with Crippen molar-refractivity contribution < 1.29 is 4.74 Å². The van der Waals surface area contributed by atoms with Crippen molar-refractivity contribution in [2.45, 2.75) is 51.2 Å². The lowest BCUT2D eigenvalue weighted by molar-refractivity contribution is 0.178. The van der Waals surface area contributed by atoms with Gasteiger partial charge in [-0.3, -0.25) is 0 Å². The maximum Gasteiger partial charge on any atom is 0.221 e. The van der Waals surface area contributed by atoms with Crippen LogP contribution in [0.5, 0.6) is 5.88 Å². The molecule has 112 valence electrons. The molecule has 3 nitrogen and oxygen atoms in total. The highest BCUT2D eigenvalue weighted by Crippen LogP contribution is 2.28. The molecule has 0 unspecified atom stereocenters. The number of fused-ring (bicyclic) bond motifs is 1. The maximum atomic E-state index is 6.30. The van der Waals surface area contributed by atoms with Gasteiger partial charge in [0.25, 0.3) is 0 Å². The highest BCUT2D eigenvalue weighted by Gasteiger charge is 2.16. The van der Waals surface area contributed by atoms with E-state index in [1.54, 1.807) is 0 Å². The van der Waals surface area contributed by atoms with E-state index in [0.717, 1.165) is 36.3 Å². The summed E-state index contributed by atoms with van der Waals surface area (Å²) in [5.74, 6) is 0.810. The van der Waals surface area contributed by atoms with Crippen LogP contribution >= 0.6 is 0 Å². The Bertz CT molecular complexity index is 589. The fourth-order valence-electron chi connectivity index (χ4n) is 3.10. The summed E-state index contributed by atoms with van der Waals surface area (Å²) in [5.41, 5.74) is 1.04. The predicted molar refractivity (Wildman–Crippen MR) is 86.6 cm³/mol. The molecule has 1 fully saturated rings. The zero-order chi connectivity index (χ0) is 14.5. The second-order valence-electron chi connectivity index (χ2n) is 5.90. The summed E-state index contributed by atoms with van der Waals surface area (Å²) < 4.78 is 6.30. The van der Waals surface area contributed by atoms with E-state index in [4.69, 9.17) is 9.72 Å². The third kappa shape index (κ3) is 3.53. The van der Waals surface area contributed by atoms with Gasteiger partial charge in [0.15, 0.2) is 0 Å². The molecule has 21 heavy (non-hydrogen) atoms. The summed E-state index contributed by atoms with van der Waals surface area (Å²) in [6.45, 7) is 0.770. The number of nitrogens with one attached hydrogen (secondary N) is 1. The van der Waals surface area contributed by atoms with Gasteiger partial charge in [-0.1, -0.05) is 31.0 Å². The summed E-state index contributed by atoms with van der Waals surface area (Å²) in [6, 6.07) is 10.5. The highest BCUT2D eigenvalue weighted by molar-refractivity contribution is 5.87. The van der Waals surface area contributed by atoms with E-state index < -0.39 is 0 Å². The lowest BCUT2D eigenvalue weighted by Crippen LogP contribution is -2.17. The molecule has 3 rings (SSSR count). The first-order chi connectivity index (χ1) is 10.4. The highest BCUT2D eigenvalue weighted by atomic mass is 16.5. The first kappa shape index (κ1) is 14.3. The molecule has 0 spiro atoms. The Morgan fingerprint density at radius 1 is 1.14 bits per heavy atom. The predicted octanol–water partition coefficient (Wildman–Crippen LogP) is 4.06. The van der Waals surface area contributed by atoms with Crippen LogP contribution in [0.25, 0.3) is 10.8 Å². The van der Waals surface area contributed by atoms with Gasteiger partial charge in [-0.15, -0.1) is 0 Å². The number of nitrogens with zero attached hydrogens (tertiary/aromatic N) is 1. The summed E-state index contributed by atoms with van der Waals surface area (Å²) in [7, 11) is 1.95. The van der Waals surface area contributed by atoms with Crippen LogP contribution in [0.1, 0.15) is 44.2 Å². The molecule has 1 aliphatic carbocycles. The van der Waals surface area contributed by atoms with Crippen molar-refractivity contribution in [1.29, 1.82) is 0 Å². The molecule has 0 amide bonds. The van der Waals surface area contributed by atoms with Crippen LogP contribution in [-0.2, 0) is 6.54 Å². The smallest absolute Gasteiger partial charge is 0.221 e. The first-order valence-electron chi connectivity index (χ1n) is 8.07. The van der Waals surface area contributed by atoms with E-state index in [1.807, 2.05) is 7.05 Å². The Hall–Kier alpha value is -1.61. The summed E-state index contributed by atoms with van der Waals surface area (Å²) in [6.07, 6.45) is 7.88. The number of pyridine rings is 1. The molecule has 1 aromatic carbocycles. The van der Waals surface area contributed by atoms with Crippen molar-refractivity contribution in [2.75, 3.05) is 7.05 Å². The summed E-state index contributed by atoms with van der Waals surface area (Å²) >= 11 is 0. The van der Waals surface area contributed by atoms with E-state index in [9.17, 15) is 0 Å². The number of rotatable bonds is 4. The van der Waals surface area contributed by atoms with Crippen LogP contribution in [0.3, 0.4) is 0 Å². The number of hydrogen-bond donors (Lipinski definition) is 1. The SMILES string of the molecule is CNCc1cc2ccccc2c(OC2CCCCCC2)n1. The number of benzene rings is 1. The molecule has 1 aliphatic rings. The molecule has 1 N–H and O–H groups in total. The molecule has 2 aromatic rings. The molecule has 0 aliphatic heterocycles. The van der Waals surface area contributed by atoms with Crippen molar-refractivity contribution in [3.05, 3.63) is 36.0 Å². The molecular weight excluding hydrogens is 260 g/mol. The lowest BCUT2D eigenvalue weighted by Gasteiger charge is -2.18. The number of hydrogen-bond acceptors (Lipinski definition) is 3. The van der Waals surface area contributed by atoms with Crippen molar-refractivity contribution in [2.24, 2.45) is 0 Å². The fraction of sp³-hybridized carbons (Fsp3) is 0.500. The van der Waals surface area contributed by atoms with Crippen LogP contribution in [0.15, 0.2) is 30.3 Å². The molecule has 1 heterocycles. The zero-order valence-corrected chi connectivity index (χ0v) is 12.8. The Balaban J connectivity index is 1.91. The minimum Gasteiger partial charge on any atom is -0.474 e. The van der Waals surface area contributed by atoms with Crippen molar-refractivity contribution in [3.63, 3.8) is 0 Å². The van der Waals surface area contributed by atoms with Crippen molar-refractivity contribution >= 4 is 10.8 Å². The van der Waals surface area contributed by atoms with E-state index in [1.165, 1.54) is 31.1 Å². The van der Waals surface area contributed by atoms with Crippen LogP contribution < -0.4 is 10.1 Å². The molecule has 1 saturated carbocycles. The first-order valence-corrected chi connectivity index (χ1v) is 8.07. The normalized spacial score (nSPS) is 16.8. The van der Waals surface area contributed by atoms with Gasteiger partial charge in [-0.05, 0) is 50.2 Å². The third-order valence-corrected chi connectivity index (χ3v) is 4.20. The monoisotopic (exact) mass is 284 g/mol. The van der Waals surface area contributed by atoms with Gasteiger partial charge in [0.1, 0.15) is 6.10 Å². The molecule has 3 heteroatoms. The van der Waals surface area contributed by atoms with E-state index in [-0.39, 0.29) is 0 Å². The van der Waals surface area contributed by atoms with Gasteiger partial charge in [0, 0.05) is 11.9 Å². The van der Waals surface area contributed by atoms with Crippen LogP contribution in [0.4, 0.5) is 0 Å². The number of ether oxygens (including phenoxy) is 1. The van der Waals surface area contributed by atoms with Gasteiger partial charge in [-0.25, -0.2) is 4.98 Å². The minimum atomic E-state index is 0.327. The van der Waals surface area contributed by atoms with Gasteiger partial charge in [-0.2, -0.15) is 0 Å². The Labute approximate surface area is 126 Å². The third-order valence-electron chi connectivity index (χ3n) is 4.20. The number of aromatic nitrogens is 1. The lowest BCUT2D eigenvalue weighted by atomic mass is 10.1. The Morgan fingerprint density at radius 3 is 2.67 bits per heavy atom. The van der Waals surface area contributed by atoms with E-state index >= 15 is 0 Å². The maximum absolute atomic E-state index is 6.30. The van der Waals surface area contributed by atoms with Crippen molar-refractivity contribution in [1.82, 2.24) is 10.3 Å². The van der Waals surface area contributed by atoms with Gasteiger partial charge in [0.05, 0.1) is 5.69 Å². The van der Waals surface area contributed by atoms with Gasteiger partial charge < -0.3 is 10.1 Å². The van der Waals surface area contributed by atoms with Crippen molar-refractivity contribution in [3.8, 4) is 5.88 Å². The molecular formula is C18H24N2O. The zero-order valence-electron chi connectivity index (χ0n) is 12.8. The molecule has 0 bridgehead atoms. The van der Waals surface area contributed by atoms with Gasteiger partial charge >= 0.3 is 0 Å². The molecule has 0 atom stereocenters. The summed E-state index contributed by atoms with van der Waals surface area (Å²) in [4.78, 5) is 4.73. The van der Waals surface area contributed by atoms with Crippen LogP contribution in [0, 0.1) is 0 Å². The Morgan fingerprint density at radius 2 is 1.90 bits per heavy atom. The average Bonchev–Trinajstić information content (AvgIpc) is 2.76. The van der Waals surface area contributed by atoms with Crippen LogP contribution in [0.2, 0.25) is 0 Å². The second kappa shape index (κ2) is 6.90. The topological polar surface area (TPSA) is 34.1 Å². The van der Waals surface area contributed by atoms with Crippen LogP contribution in [-0.4, -0.2) is 18.1 Å². The summed E-state index contributed by atoms with van der Waals surface area (Å²) in [5, 5.41) is 5.51. The van der Waals surface area contributed by atoms with Gasteiger partial charge in [0.2, 0.25) is 5.88 Å².